The van der Waals surface area contributed by atoms with Crippen molar-refractivity contribution in [3.8, 4) is 0 Å². The highest BCUT2D eigenvalue weighted by Gasteiger charge is 2.14. The Hall–Kier alpha value is -0.835. The van der Waals surface area contributed by atoms with Crippen molar-refractivity contribution in [3.63, 3.8) is 0 Å². The molecule has 88 valence electrons. The lowest BCUT2D eigenvalue weighted by Crippen LogP contribution is -2.07. The Morgan fingerprint density at radius 1 is 0.875 bits per heavy atom. The molecule has 0 aliphatic heterocycles. The van der Waals surface area contributed by atoms with E-state index in [9.17, 15) is 0 Å². The van der Waals surface area contributed by atoms with Gasteiger partial charge in [0.1, 0.15) is 0 Å². The molecule has 0 heterocycles. The van der Waals surface area contributed by atoms with Crippen LogP contribution in [0.1, 0.15) is 43.6 Å². The summed E-state index contributed by atoms with van der Waals surface area (Å²) in [5.41, 5.74) is 1.55. The molecular formula is C12H19BO3. The van der Waals surface area contributed by atoms with Crippen LogP contribution in [0.3, 0.4) is 0 Å². The molecular weight excluding hydrogens is 203 g/mol. The SMILES string of the molecule is OB(O)O.c1ccc(C2CCCCC2)cc1. The van der Waals surface area contributed by atoms with Crippen LogP contribution in [-0.2, 0) is 0 Å². The molecule has 0 saturated heterocycles. The lowest BCUT2D eigenvalue weighted by molar-refractivity contribution is 0.278. The molecule has 0 unspecified atom stereocenters. The zero-order valence-electron chi connectivity index (χ0n) is 9.42. The van der Waals surface area contributed by atoms with Crippen LogP contribution in [0.25, 0.3) is 0 Å². The summed E-state index contributed by atoms with van der Waals surface area (Å²) in [5.74, 6) is 0.861. The van der Waals surface area contributed by atoms with E-state index in [0.29, 0.717) is 0 Å². The Bertz CT molecular complexity index is 268. The van der Waals surface area contributed by atoms with Gasteiger partial charge in [0.15, 0.2) is 0 Å². The van der Waals surface area contributed by atoms with Crippen LogP contribution < -0.4 is 0 Å². The van der Waals surface area contributed by atoms with E-state index < -0.39 is 7.32 Å². The summed E-state index contributed by atoms with van der Waals surface area (Å²) in [5, 5.41) is 21.5. The van der Waals surface area contributed by atoms with Crippen LogP contribution in [0.2, 0.25) is 0 Å². The van der Waals surface area contributed by atoms with E-state index in [1.807, 2.05) is 0 Å². The van der Waals surface area contributed by atoms with Gasteiger partial charge in [0, 0.05) is 0 Å². The van der Waals surface area contributed by atoms with Gasteiger partial charge in [-0.3, -0.25) is 0 Å². The molecule has 4 heteroatoms. The van der Waals surface area contributed by atoms with Gasteiger partial charge < -0.3 is 15.1 Å². The van der Waals surface area contributed by atoms with Crippen molar-refractivity contribution < 1.29 is 15.1 Å². The van der Waals surface area contributed by atoms with E-state index in [4.69, 9.17) is 15.1 Å². The quantitative estimate of drug-likeness (QED) is 0.633. The molecule has 1 saturated carbocycles. The van der Waals surface area contributed by atoms with E-state index in [-0.39, 0.29) is 0 Å². The molecule has 1 fully saturated rings. The third-order valence-electron chi connectivity index (χ3n) is 2.88. The van der Waals surface area contributed by atoms with Gasteiger partial charge in [-0.25, -0.2) is 0 Å². The van der Waals surface area contributed by atoms with Gasteiger partial charge in [-0.15, -0.1) is 0 Å². The first kappa shape index (κ1) is 13.2. The van der Waals surface area contributed by atoms with Crippen molar-refractivity contribution in [2.75, 3.05) is 0 Å². The fourth-order valence-electron chi connectivity index (χ4n) is 2.16. The molecule has 0 amide bonds. The molecule has 0 atom stereocenters. The Morgan fingerprint density at radius 3 is 1.88 bits per heavy atom. The molecule has 1 aromatic carbocycles. The normalized spacial score (nSPS) is 16.2. The van der Waals surface area contributed by atoms with Crippen LogP contribution in [0, 0.1) is 0 Å². The average molecular weight is 222 g/mol. The third-order valence-corrected chi connectivity index (χ3v) is 2.88. The molecule has 1 aromatic rings. The molecule has 0 spiro atoms. The number of benzene rings is 1. The van der Waals surface area contributed by atoms with Gasteiger partial charge in [-0.2, -0.15) is 0 Å². The molecule has 3 N–H and O–H groups in total. The number of hydrogen-bond acceptors (Lipinski definition) is 3. The standard InChI is InChI=1S/C12H16.BH3O3/c1-3-7-11(8-4-1)12-9-5-2-6-10-12;2-1(3)4/h1,3-4,7-8,12H,2,5-6,9-10H2;2-4H. The maximum Gasteiger partial charge on any atom is 0.631 e. The molecule has 1 aliphatic rings. The molecule has 0 radical (unpaired) electrons. The summed E-state index contributed by atoms with van der Waals surface area (Å²) in [7, 11) is -2.17. The van der Waals surface area contributed by atoms with Crippen molar-refractivity contribution in [1.82, 2.24) is 0 Å². The van der Waals surface area contributed by atoms with Crippen LogP contribution in [0.5, 0.6) is 0 Å². The Kier molecular flexibility index (Phi) is 6.15. The second-order valence-corrected chi connectivity index (χ2v) is 4.09. The van der Waals surface area contributed by atoms with Crippen molar-refractivity contribution in [2.24, 2.45) is 0 Å². The second-order valence-electron chi connectivity index (χ2n) is 4.09. The summed E-state index contributed by atoms with van der Waals surface area (Å²) in [6.07, 6.45) is 7.12. The maximum absolute atomic E-state index is 7.17. The molecule has 3 nitrogen and oxygen atoms in total. The predicted molar refractivity (Wildman–Crippen MR) is 64.7 cm³/mol. The lowest BCUT2D eigenvalue weighted by atomic mass is 9.84. The maximum atomic E-state index is 7.17. The smallest absolute Gasteiger partial charge is 0.402 e. The third kappa shape index (κ3) is 5.30. The van der Waals surface area contributed by atoms with Crippen molar-refractivity contribution in [3.05, 3.63) is 35.9 Å². The first-order valence-electron chi connectivity index (χ1n) is 5.79. The predicted octanol–water partition coefficient (Wildman–Crippen LogP) is 1.68. The molecule has 0 bridgehead atoms. The van der Waals surface area contributed by atoms with Crippen LogP contribution in [-0.4, -0.2) is 22.4 Å². The minimum absolute atomic E-state index is 0.861. The molecule has 1 aliphatic carbocycles. The highest BCUT2D eigenvalue weighted by Crippen LogP contribution is 2.31. The van der Waals surface area contributed by atoms with Crippen molar-refractivity contribution in [1.29, 1.82) is 0 Å². The monoisotopic (exact) mass is 222 g/mol. The average Bonchev–Trinajstić information content (AvgIpc) is 2.31. The van der Waals surface area contributed by atoms with E-state index in [0.717, 1.165) is 5.92 Å². The summed E-state index contributed by atoms with van der Waals surface area (Å²) < 4.78 is 0. The molecule has 0 aromatic heterocycles. The van der Waals surface area contributed by atoms with Crippen molar-refractivity contribution in [2.45, 2.75) is 38.0 Å². The zero-order chi connectivity index (χ0) is 11.8. The van der Waals surface area contributed by atoms with Crippen LogP contribution in [0.15, 0.2) is 30.3 Å². The van der Waals surface area contributed by atoms with Crippen LogP contribution in [0.4, 0.5) is 0 Å². The highest BCUT2D eigenvalue weighted by atomic mass is 16.5. The first-order valence-corrected chi connectivity index (χ1v) is 5.79. The number of rotatable bonds is 1. The summed E-state index contributed by atoms with van der Waals surface area (Å²) in [6.45, 7) is 0. The first-order chi connectivity index (χ1) is 7.70. The van der Waals surface area contributed by atoms with E-state index in [1.54, 1.807) is 5.56 Å². The second kappa shape index (κ2) is 7.44. The molecule has 2 rings (SSSR count). The highest BCUT2D eigenvalue weighted by molar-refractivity contribution is 6.30. The van der Waals surface area contributed by atoms with Gasteiger partial charge in [0.2, 0.25) is 0 Å². The lowest BCUT2D eigenvalue weighted by Gasteiger charge is -2.21. The van der Waals surface area contributed by atoms with E-state index in [1.165, 1.54) is 32.1 Å². The fraction of sp³-hybridized carbons (Fsp3) is 0.500. The Balaban J connectivity index is 0.000000280. The van der Waals surface area contributed by atoms with Gasteiger partial charge in [-0.1, -0.05) is 49.6 Å². The van der Waals surface area contributed by atoms with E-state index >= 15 is 0 Å². The minimum Gasteiger partial charge on any atom is -0.402 e. The Morgan fingerprint density at radius 2 is 1.38 bits per heavy atom. The summed E-state index contributed by atoms with van der Waals surface area (Å²) in [4.78, 5) is 0. The Labute approximate surface area is 96.9 Å². The van der Waals surface area contributed by atoms with Gasteiger partial charge in [0.25, 0.3) is 0 Å². The van der Waals surface area contributed by atoms with Gasteiger partial charge >= 0.3 is 7.32 Å². The summed E-state index contributed by atoms with van der Waals surface area (Å²) in [6, 6.07) is 11.0. The van der Waals surface area contributed by atoms with Crippen molar-refractivity contribution >= 4 is 7.32 Å². The fourth-order valence-corrected chi connectivity index (χ4v) is 2.16. The largest absolute Gasteiger partial charge is 0.631 e. The van der Waals surface area contributed by atoms with Gasteiger partial charge in [-0.05, 0) is 24.3 Å². The topological polar surface area (TPSA) is 60.7 Å². The van der Waals surface area contributed by atoms with E-state index in [2.05, 4.69) is 30.3 Å². The summed E-state index contributed by atoms with van der Waals surface area (Å²) >= 11 is 0. The van der Waals surface area contributed by atoms with Crippen LogP contribution >= 0.6 is 0 Å². The minimum atomic E-state index is -2.17. The number of hydrogen-bond donors (Lipinski definition) is 3. The molecule has 16 heavy (non-hydrogen) atoms. The zero-order valence-corrected chi connectivity index (χ0v) is 9.42. The van der Waals surface area contributed by atoms with Gasteiger partial charge in [0.05, 0.1) is 0 Å².